The molecule has 0 amide bonds. The maximum absolute atomic E-state index is 11.3. The van der Waals surface area contributed by atoms with Crippen LogP contribution in [0.1, 0.15) is 11.8 Å². The molecule has 1 rings (SSSR count). The first-order chi connectivity index (χ1) is 6.43. The van der Waals surface area contributed by atoms with Gasteiger partial charge in [0, 0.05) is 18.0 Å². The van der Waals surface area contributed by atoms with E-state index < -0.39 is 10.0 Å². The van der Waals surface area contributed by atoms with E-state index in [0.717, 1.165) is 4.88 Å². The topological polar surface area (TPSA) is 37.4 Å². The van der Waals surface area contributed by atoms with Crippen LogP contribution in [0.2, 0.25) is 4.34 Å². The Balaban J connectivity index is 2.76. The van der Waals surface area contributed by atoms with Crippen LogP contribution < -0.4 is 0 Å². The third-order valence-corrected chi connectivity index (χ3v) is 4.32. The average Bonchev–Trinajstić information content (AvgIpc) is 2.45. The summed E-state index contributed by atoms with van der Waals surface area (Å²) in [6, 6.07) is 3.62. The molecule has 0 fully saturated rings. The zero-order valence-corrected chi connectivity index (χ0v) is 10.4. The molecule has 14 heavy (non-hydrogen) atoms. The van der Waals surface area contributed by atoms with Crippen molar-refractivity contribution in [1.82, 2.24) is 4.31 Å². The SMILES string of the molecule is CCN(Cc1ccc(Cl)s1)S(C)(=O)=O. The quantitative estimate of drug-likeness (QED) is 0.825. The van der Waals surface area contributed by atoms with Crippen molar-refractivity contribution >= 4 is 33.0 Å². The van der Waals surface area contributed by atoms with Crippen LogP contribution in [0.15, 0.2) is 12.1 Å². The molecule has 0 saturated heterocycles. The first kappa shape index (κ1) is 12.0. The smallest absolute Gasteiger partial charge is 0.211 e. The lowest BCUT2D eigenvalue weighted by Gasteiger charge is -2.16. The van der Waals surface area contributed by atoms with Crippen LogP contribution in [-0.4, -0.2) is 25.5 Å². The highest BCUT2D eigenvalue weighted by Gasteiger charge is 2.15. The minimum Gasteiger partial charge on any atom is -0.212 e. The fourth-order valence-corrected chi connectivity index (χ4v) is 3.10. The normalized spacial score (nSPS) is 12.3. The molecule has 0 unspecified atom stereocenters. The van der Waals surface area contributed by atoms with Gasteiger partial charge in [-0.05, 0) is 12.1 Å². The zero-order valence-electron chi connectivity index (χ0n) is 8.03. The molecule has 1 heterocycles. The highest BCUT2D eigenvalue weighted by Crippen LogP contribution is 2.23. The second-order valence-electron chi connectivity index (χ2n) is 2.89. The van der Waals surface area contributed by atoms with Crippen LogP contribution in [0.3, 0.4) is 0 Å². The van der Waals surface area contributed by atoms with Crippen LogP contribution in [-0.2, 0) is 16.6 Å². The maximum atomic E-state index is 11.3. The predicted octanol–water partition coefficient (Wildman–Crippen LogP) is 2.18. The number of hydrogen-bond acceptors (Lipinski definition) is 3. The van der Waals surface area contributed by atoms with E-state index in [-0.39, 0.29) is 0 Å². The van der Waals surface area contributed by atoms with Crippen molar-refractivity contribution in [2.45, 2.75) is 13.5 Å². The van der Waals surface area contributed by atoms with Crippen molar-refractivity contribution in [3.8, 4) is 0 Å². The van der Waals surface area contributed by atoms with Gasteiger partial charge >= 0.3 is 0 Å². The largest absolute Gasteiger partial charge is 0.212 e. The third-order valence-electron chi connectivity index (χ3n) is 1.78. The van der Waals surface area contributed by atoms with Gasteiger partial charge < -0.3 is 0 Å². The Labute approximate surface area is 93.4 Å². The lowest BCUT2D eigenvalue weighted by Crippen LogP contribution is -2.28. The van der Waals surface area contributed by atoms with Gasteiger partial charge in [0.05, 0.1) is 10.6 Å². The summed E-state index contributed by atoms with van der Waals surface area (Å²) in [5.74, 6) is 0. The van der Waals surface area contributed by atoms with Crippen molar-refractivity contribution in [1.29, 1.82) is 0 Å². The summed E-state index contributed by atoms with van der Waals surface area (Å²) in [5.41, 5.74) is 0. The van der Waals surface area contributed by atoms with Gasteiger partial charge in [-0.2, -0.15) is 4.31 Å². The first-order valence-corrected chi connectivity index (χ1v) is 7.17. The average molecular weight is 254 g/mol. The number of sulfonamides is 1. The van der Waals surface area contributed by atoms with E-state index in [0.29, 0.717) is 17.4 Å². The Morgan fingerprint density at radius 2 is 2.14 bits per heavy atom. The molecule has 3 nitrogen and oxygen atoms in total. The molecule has 1 aromatic heterocycles. The van der Waals surface area contributed by atoms with E-state index >= 15 is 0 Å². The van der Waals surface area contributed by atoms with Gasteiger partial charge in [-0.25, -0.2) is 8.42 Å². The molecule has 6 heteroatoms. The molecule has 0 N–H and O–H groups in total. The van der Waals surface area contributed by atoms with Gasteiger partial charge in [-0.15, -0.1) is 11.3 Å². The Morgan fingerprint density at radius 3 is 2.50 bits per heavy atom. The van der Waals surface area contributed by atoms with Crippen molar-refractivity contribution in [2.75, 3.05) is 12.8 Å². The van der Waals surface area contributed by atoms with E-state index in [9.17, 15) is 8.42 Å². The minimum absolute atomic E-state index is 0.409. The monoisotopic (exact) mass is 253 g/mol. The summed E-state index contributed by atoms with van der Waals surface area (Å²) in [5, 5.41) is 0. The molecule has 0 spiro atoms. The molecule has 0 radical (unpaired) electrons. The van der Waals surface area contributed by atoms with E-state index in [1.165, 1.54) is 21.9 Å². The summed E-state index contributed by atoms with van der Waals surface area (Å²) in [6.45, 7) is 2.71. The molecular formula is C8H12ClNO2S2. The van der Waals surface area contributed by atoms with Crippen molar-refractivity contribution < 1.29 is 8.42 Å². The fraction of sp³-hybridized carbons (Fsp3) is 0.500. The van der Waals surface area contributed by atoms with Gasteiger partial charge in [-0.3, -0.25) is 0 Å². The summed E-state index contributed by atoms with van der Waals surface area (Å²) in [6.07, 6.45) is 1.21. The van der Waals surface area contributed by atoms with Crippen molar-refractivity contribution in [3.63, 3.8) is 0 Å². The predicted molar refractivity (Wildman–Crippen MR) is 60.3 cm³/mol. The van der Waals surface area contributed by atoms with E-state index in [4.69, 9.17) is 11.6 Å². The van der Waals surface area contributed by atoms with Crippen LogP contribution in [0.25, 0.3) is 0 Å². The number of hydrogen-bond donors (Lipinski definition) is 0. The number of halogens is 1. The van der Waals surface area contributed by atoms with Crippen LogP contribution >= 0.6 is 22.9 Å². The van der Waals surface area contributed by atoms with Crippen LogP contribution in [0, 0.1) is 0 Å². The highest BCUT2D eigenvalue weighted by atomic mass is 35.5. The Morgan fingerprint density at radius 1 is 1.50 bits per heavy atom. The number of nitrogens with zero attached hydrogens (tertiary/aromatic N) is 1. The molecule has 0 aromatic carbocycles. The standard InChI is InChI=1S/C8H12ClNO2S2/c1-3-10(14(2,11)12)6-7-4-5-8(9)13-7/h4-5H,3,6H2,1-2H3. The molecule has 1 aromatic rings. The summed E-state index contributed by atoms with van der Waals surface area (Å²) >= 11 is 7.16. The number of rotatable bonds is 4. The maximum Gasteiger partial charge on any atom is 0.211 e. The van der Waals surface area contributed by atoms with Crippen LogP contribution in [0.4, 0.5) is 0 Å². The highest BCUT2D eigenvalue weighted by molar-refractivity contribution is 7.88. The zero-order chi connectivity index (χ0) is 10.8. The Kier molecular flexibility index (Phi) is 3.94. The fourth-order valence-electron chi connectivity index (χ4n) is 1.07. The Hall–Kier alpha value is -0.100. The Bertz CT molecular complexity index is 399. The van der Waals surface area contributed by atoms with Gasteiger partial charge in [-0.1, -0.05) is 18.5 Å². The minimum atomic E-state index is -3.11. The van der Waals surface area contributed by atoms with Crippen LogP contribution in [0.5, 0.6) is 0 Å². The molecular weight excluding hydrogens is 242 g/mol. The molecule has 80 valence electrons. The summed E-state index contributed by atoms with van der Waals surface area (Å²) in [7, 11) is -3.11. The van der Waals surface area contributed by atoms with Gasteiger partial charge in [0.1, 0.15) is 0 Å². The van der Waals surface area contributed by atoms with Crippen molar-refractivity contribution in [2.24, 2.45) is 0 Å². The molecule has 0 saturated carbocycles. The van der Waals surface area contributed by atoms with E-state index in [2.05, 4.69) is 0 Å². The molecule has 0 aliphatic carbocycles. The van der Waals surface area contributed by atoms with E-state index in [1.54, 1.807) is 6.07 Å². The number of thiophene rings is 1. The van der Waals surface area contributed by atoms with Gasteiger partial charge in [0.25, 0.3) is 0 Å². The first-order valence-electron chi connectivity index (χ1n) is 4.13. The molecule has 0 aliphatic rings. The van der Waals surface area contributed by atoms with Crippen molar-refractivity contribution in [3.05, 3.63) is 21.3 Å². The summed E-state index contributed by atoms with van der Waals surface area (Å²) in [4.78, 5) is 0.960. The molecule has 0 aliphatic heterocycles. The van der Waals surface area contributed by atoms with E-state index in [1.807, 2.05) is 13.0 Å². The molecule has 0 bridgehead atoms. The second-order valence-corrected chi connectivity index (χ2v) is 6.68. The van der Waals surface area contributed by atoms with Gasteiger partial charge in [0.15, 0.2) is 0 Å². The lowest BCUT2D eigenvalue weighted by atomic mass is 10.4. The van der Waals surface area contributed by atoms with Gasteiger partial charge in [0.2, 0.25) is 10.0 Å². The summed E-state index contributed by atoms with van der Waals surface area (Å²) < 4.78 is 24.6. The second kappa shape index (κ2) is 4.61. The third kappa shape index (κ3) is 3.24. The lowest BCUT2D eigenvalue weighted by molar-refractivity contribution is 0.431. The molecule has 0 atom stereocenters.